The van der Waals surface area contributed by atoms with Gasteiger partial charge in [-0.3, -0.25) is 18.6 Å². The molecule has 0 aliphatic carbocycles. The van der Waals surface area contributed by atoms with E-state index < -0.39 is 58.4 Å². The summed E-state index contributed by atoms with van der Waals surface area (Å²) in [5, 5.41) is 19.1. The summed E-state index contributed by atoms with van der Waals surface area (Å²) >= 11 is 0. The molecule has 0 aromatic rings. The molecule has 0 amide bonds. The highest BCUT2D eigenvalue weighted by Gasteiger charge is 2.27. The highest BCUT2D eigenvalue weighted by molar-refractivity contribution is 7.47. The van der Waals surface area contributed by atoms with Gasteiger partial charge in [-0.25, -0.2) is 4.57 Å². The molecule has 3 unspecified atom stereocenters. The van der Waals surface area contributed by atoms with Crippen molar-refractivity contribution < 1.29 is 47.8 Å². The van der Waals surface area contributed by atoms with E-state index in [0.717, 1.165) is 77.0 Å². The maximum atomic E-state index is 12.3. The van der Waals surface area contributed by atoms with Crippen LogP contribution in [0.2, 0.25) is 0 Å². The number of rotatable bonds is 35. The first kappa shape index (κ1) is 50.1. The zero-order valence-corrected chi connectivity index (χ0v) is 33.3. The van der Waals surface area contributed by atoms with E-state index in [9.17, 15) is 29.3 Å². The van der Waals surface area contributed by atoms with Crippen molar-refractivity contribution in [2.24, 2.45) is 0 Å². The lowest BCUT2D eigenvalue weighted by atomic mass is 10.1. The molecule has 0 saturated heterocycles. The van der Waals surface area contributed by atoms with Gasteiger partial charge in [0.1, 0.15) is 12.2 Å². The number of hydrogen-bond acceptors (Lipinski definition) is 9. The predicted octanol–water partition coefficient (Wildman–Crippen LogP) is 9.88. The van der Waals surface area contributed by atoms with Crippen LogP contribution in [0.25, 0.3) is 0 Å². The van der Waals surface area contributed by atoms with E-state index >= 15 is 0 Å². The van der Waals surface area contributed by atoms with Crippen molar-refractivity contribution in [3.8, 4) is 0 Å². The topological polar surface area (TPSA) is 149 Å². The van der Waals surface area contributed by atoms with Gasteiger partial charge < -0.3 is 24.6 Å². The van der Waals surface area contributed by atoms with Gasteiger partial charge in [-0.2, -0.15) is 0 Å². The number of aliphatic hydroxyl groups is 2. The number of unbranched alkanes of at least 4 members (excludes halogenated alkanes) is 7. The first-order chi connectivity index (χ1) is 25.8. The van der Waals surface area contributed by atoms with E-state index in [1.165, 1.54) is 12.8 Å². The molecule has 0 aromatic heterocycles. The average Bonchev–Trinajstić information content (AvgIpc) is 3.14. The molecule has 0 rings (SSSR count). The Morgan fingerprint density at radius 1 is 0.528 bits per heavy atom. The highest BCUT2D eigenvalue weighted by Crippen LogP contribution is 2.43. The predicted molar refractivity (Wildman–Crippen MR) is 214 cm³/mol. The fraction of sp³-hybridized carbons (Fsp3) is 0.619. The van der Waals surface area contributed by atoms with Crippen LogP contribution >= 0.6 is 7.82 Å². The summed E-state index contributed by atoms with van der Waals surface area (Å²) in [6.07, 6.45) is 42.9. The molecule has 0 aliphatic rings. The molecule has 0 radical (unpaired) electrons. The summed E-state index contributed by atoms with van der Waals surface area (Å²) < 4.78 is 32.3. The van der Waals surface area contributed by atoms with Gasteiger partial charge in [-0.1, -0.05) is 131 Å². The molecule has 3 N–H and O–H groups in total. The van der Waals surface area contributed by atoms with E-state index in [1.807, 2.05) is 18.2 Å². The first-order valence-electron chi connectivity index (χ1n) is 19.5. The third kappa shape index (κ3) is 35.9. The van der Waals surface area contributed by atoms with Crippen LogP contribution in [0.1, 0.15) is 129 Å². The average molecular weight is 765 g/mol. The Morgan fingerprint density at radius 3 is 1.40 bits per heavy atom. The second-order valence-electron chi connectivity index (χ2n) is 12.5. The number of hydrogen-bond donors (Lipinski definition) is 3. The van der Waals surface area contributed by atoms with E-state index in [4.69, 9.17) is 18.5 Å². The van der Waals surface area contributed by atoms with Crippen LogP contribution in [0.5, 0.6) is 0 Å². The number of carbonyl (C=O) groups is 2. The van der Waals surface area contributed by atoms with Crippen LogP contribution in [0.3, 0.4) is 0 Å². The molecular weight excluding hydrogens is 695 g/mol. The molecule has 302 valence electrons. The zero-order chi connectivity index (χ0) is 39.1. The second kappa shape index (κ2) is 37.5. The molecule has 0 heterocycles. The minimum absolute atomic E-state index is 0.0618. The smallest absolute Gasteiger partial charge is 0.457 e. The molecule has 0 aliphatic heterocycles. The molecule has 0 saturated carbocycles. The van der Waals surface area contributed by atoms with Gasteiger partial charge in [0.05, 0.1) is 26.4 Å². The summed E-state index contributed by atoms with van der Waals surface area (Å²) in [7, 11) is -4.66. The number of allylic oxidation sites excluding steroid dienone is 14. The van der Waals surface area contributed by atoms with Gasteiger partial charge in [0.15, 0.2) is 0 Å². The van der Waals surface area contributed by atoms with E-state index in [1.54, 1.807) is 0 Å². The van der Waals surface area contributed by atoms with Gasteiger partial charge in [0, 0.05) is 12.8 Å². The lowest BCUT2D eigenvalue weighted by Gasteiger charge is -2.20. The zero-order valence-electron chi connectivity index (χ0n) is 32.4. The second-order valence-corrected chi connectivity index (χ2v) is 14.0. The van der Waals surface area contributed by atoms with Crippen LogP contribution in [0, 0.1) is 0 Å². The Bertz CT molecular complexity index is 1150. The highest BCUT2D eigenvalue weighted by atomic mass is 31.2. The third-order valence-corrected chi connectivity index (χ3v) is 8.56. The number of ether oxygens (including phenoxy) is 2. The number of aliphatic hydroxyl groups excluding tert-OH is 2. The fourth-order valence-corrected chi connectivity index (χ4v) is 5.37. The van der Waals surface area contributed by atoms with Crippen molar-refractivity contribution in [1.29, 1.82) is 0 Å². The van der Waals surface area contributed by atoms with E-state index in [2.05, 4.69) is 80.7 Å². The molecule has 0 aromatic carbocycles. The largest absolute Gasteiger partial charge is 0.472 e. The normalized spacial score (nSPS) is 14.9. The Labute approximate surface area is 320 Å². The monoisotopic (exact) mass is 764 g/mol. The number of carbonyl (C=O) groups excluding carboxylic acids is 2. The maximum Gasteiger partial charge on any atom is 0.472 e. The lowest BCUT2D eigenvalue weighted by Crippen LogP contribution is -2.28. The SMILES string of the molecule is CC/C=C\C/C=C\C/C=C\C/C=C\C/C=C\C/C=C\CCC(=O)OC(CO)COP(=O)(O)OCC(CO)OC(=O)CCCCCCC/C=C\CCCC. The Balaban J connectivity index is 4.11. The summed E-state index contributed by atoms with van der Waals surface area (Å²) in [6.45, 7) is 1.92. The molecule has 53 heavy (non-hydrogen) atoms. The van der Waals surface area contributed by atoms with Crippen LogP contribution in [-0.2, 0) is 32.7 Å². The molecule has 10 nitrogen and oxygen atoms in total. The number of phosphoric ester groups is 1. The third-order valence-electron chi connectivity index (χ3n) is 7.61. The van der Waals surface area contributed by atoms with Crippen molar-refractivity contribution >= 4 is 19.8 Å². The fourth-order valence-electron chi connectivity index (χ4n) is 4.59. The van der Waals surface area contributed by atoms with E-state index in [-0.39, 0.29) is 12.8 Å². The van der Waals surface area contributed by atoms with Crippen LogP contribution in [0.4, 0.5) is 0 Å². The summed E-state index contributed by atoms with van der Waals surface area (Å²) in [6, 6.07) is 0. The first-order valence-corrected chi connectivity index (χ1v) is 21.0. The van der Waals surface area contributed by atoms with Gasteiger partial charge >= 0.3 is 19.8 Å². The van der Waals surface area contributed by atoms with Gasteiger partial charge in [-0.15, -0.1) is 0 Å². The Hall–Kier alpha value is -2.85. The number of esters is 2. The van der Waals surface area contributed by atoms with Crippen molar-refractivity contribution in [2.75, 3.05) is 26.4 Å². The molecule has 0 spiro atoms. The minimum Gasteiger partial charge on any atom is -0.457 e. The van der Waals surface area contributed by atoms with Crippen molar-refractivity contribution in [2.45, 2.75) is 142 Å². The maximum absolute atomic E-state index is 12.3. The van der Waals surface area contributed by atoms with Crippen LogP contribution in [-0.4, -0.2) is 65.7 Å². The molecule has 0 fully saturated rings. The van der Waals surface area contributed by atoms with Crippen LogP contribution in [0.15, 0.2) is 85.1 Å². The van der Waals surface area contributed by atoms with Gasteiger partial charge in [0.25, 0.3) is 0 Å². The molecular formula is C42H69O10P. The van der Waals surface area contributed by atoms with Gasteiger partial charge in [0.2, 0.25) is 0 Å². The molecule has 11 heteroatoms. The summed E-state index contributed by atoms with van der Waals surface area (Å²) in [5.41, 5.74) is 0. The van der Waals surface area contributed by atoms with Crippen molar-refractivity contribution in [3.05, 3.63) is 85.1 Å². The molecule has 0 bridgehead atoms. The van der Waals surface area contributed by atoms with Crippen LogP contribution < -0.4 is 0 Å². The van der Waals surface area contributed by atoms with Gasteiger partial charge in [-0.05, 0) is 70.6 Å². The minimum atomic E-state index is -4.66. The standard InChI is InChI=1S/C42H69O10P/c1-3-5-7-9-11-13-15-16-17-18-19-20-21-22-24-26-28-30-32-34-42(46)52-40(36-44)38-50-53(47,48)49-37-39(35-43)51-41(45)33-31-29-27-25-23-14-12-10-8-6-4-2/h5,7,10-13,16-17,19-20,22,24,28,30,39-40,43-44H,3-4,6,8-9,14-15,18,21,23,25-27,29,31-38H2,1-2H3,(H,47,48)/b7-5-,12-10-,13-11-,17-16-,20-19-,24-22-,30-28-. The van der Waals surface area contributed by atoms with E-state index in [0.29, 0.717) is 12.8 Å². The molecule has 3 atom stereocenters. The quantitative estimate of drug-likeness (QED) is 0.0246. The Kier molecular flexibility index (Phi) is 35.5. The summed E-state index contributed by atoms with van der Waals surface area (Å²) in [4.78, 5) is 34.3. The van der Waals surface area contributed by atoms with Crippen molar-refractivity contribution in [1.82, 2.24) is 0 Å². The number of phosphoric acid groups is 1. The Morgan fingerprint density at radius 2 is 0.925 bits per heavy atom. The van der Waals surface area contributed by atoms with Crippen molar-refractivity contribution in [3.63, 3.8) is 0 Å². The lowest BCUT2D eigenvalue weighted by molar-refractivity contribution is -0.153. The summed E-state index contributed by atoms with van der Waals surface area (Å²) in [5.74, 6) is -1.13.